The van der Waals surface area contributed by atoms with Crippen LogP contribution in [0.1, 0.15) is 21.6 Å². The third-order valence-electron chi connectivity index (χ3n) is 4.15. The molecule has 0 aromatic carbocycles. The number of nitrogens with zero attached hydrogens (tertiary/aromatic N) is 6. The molecule has 8 heteroatoms. The zero-order chi connectivity index (χ0) is 17.2. The van der Waals surface area contributed by atoms with Crippen LogP contribution in [-0.4, -0.2) is 47.3 Å². The molecule has 4 rings (SSSR count). The van der Waals surface area contributed by atoms with Crippen LogP contribution in [0.25, 0.3) is 11.4 Å². The van der Waals surface area contributed by atoms with Gasteiger partial charge < -0.3 is 10.0 Å². The molecular formula is C17H16N6O2. The van der Waals surface area contributed by atoms with E-state index in [9.17, 15) is 4.79 Å². The van der Waals surface area contributed by atoms with Gasteiger partial charge in [-0.2, -0.15) is 5.10 Å². The second-order valence-electron chi connectivity index (χ2n) is 5.76. The molecule has 0 unspecified atom stereocenters. The van der Waals surface area contributed by atoms with Crippen molar-refractivity contribution in [1.29, 1.82) is 0 Å². The second-order valence-corrected chi connectivity index (χ2v) is 5.76. The molecule has 1 amide bonds. The Balaban J connectivity index is 1.50. The van der Waals surface area contributed by atoms with E-state index in [2.05, 4.69) is 20.1 Å². The number of hydrogen-bond acceptors (Lipinski definition) is 6. The molecule has 0 radical (unpaired) electrons. The molecule has 0 atom stereocenters. The van der Waals surface area contributed by atoms with Crippen molar-refractivity contribution in [3.8, 4) is 11.4 Å². The molecule has 0 spiro atoms. The first kappa shape index (κ1) is 15.4. The lowest BCUT2D eigenvalue weighted by atomic mass is 10.2. The summed E-state index contributed by atoms with van der Waals surface area (Å²) >= 11 is 0. The highest BCUT2D eigenvalue weighted by atomic mass is 16.3. The van der Waals surface area contributed by atoms with Crippen LogP contribution in [0.15, 0.2) is 43.1 Å². The Kier molecular flexibility index (Phi) is 3.95. The van der Waals surface area contributed by atoms with Crippen LogP contribution in [0.2, 0.25) is 0 Å². The summed E-state index contributed by atoms with van der Waals surface area (Å²) in [6.07, 6.45) is 8.20. The average molecular weight is 336 g/mol. The molecule has 3 aromatic heterocycles. The van der Waals surface area contributed by atoms with Gasteiger partial charge in [0, 0.05) is 42.5 Å². The largest absolute Gasteiger partial charge is 0.394 e. The van der Waals surface area contributed by atoms with Crippen LogP contribution in [0.4, 0.5) is 0 Å². The molecule has 1 aliphatic rings. The predicted molar refractivity (Wildman–Crippen MR) is 88.2 cm³/mol. The Morgan fingerprint density at radius 2 is 2.00 bits per heavy atom. The van der Waals surface area contributed by atoms with Crippen molar-refractivity contribution < 1.29 is 9.90 Å². The molecule has 0 aliphatic carbocycles. The molecule has 0 saturated heterocycles. The van der Waals surface area contributed by atoms with Crippen molar-refractivity contribution in [2.45, 2.75) is 19.6 Å². The van der Waals surface area contributed by atoms with E-state index in [0.29, 0.717) is 31.0 Å². The first-order valence-electron chi connectivity index (χ1n) is 7.92. The zero-order valence-corrected chi connectivity index (χ0v) is 13.4. The maximum absolute atomic E-state index is 12.7. The Morgan fingerprint density at radius 1 is 1.16 bits per heavy atom. The van der Waals surface area contributed by atoms with Gasteiger partial charge in [0.1, 0.15) is 0 Å². The van der Waals surface area contributed by atoms with Crippen LogP contribution in [-0.2, 0) is 19.6 Å². The lowest BCUT2D eigenvalue weighted by Gasteiger charge is -2.16. The number of pyridine rings is 1. The standard InChI is InChI=1S/C17H16N6O2/c24-5-4-23-15-11-22(10-14(15)9-21-23)17(25)13-7-19-16(20-8-13)12-2-1-3-18-6-12/h1-3,6-9,24H,4-5,10-11H2. The van der Waals surface area contributed by atoms with Crippen LogP contribution in [0.3, 0.4) is 0 Å². The smallest absolute Gasteiger partial charge is 0.257 e. The van der Waals surface area contributed by atoms with Gasteiger partial charge in [-0.25, -0.2) is 9.97 Å². The van der Waals surface area contributed by atoms with Gasteiger partial charge in [0.05, 0.1) is 37.2 Å². The number of aliphatic hydroxyl groups is 1. The van der Waals surface area contributed by atoms with E-state index in [4.69, 9.17) is 5.11 Å². The first-order chi connectivity index (χ1) is 12.3. The number of rotatable bonds is 4. The van der Waals surface area contributed by atoms with Crippen molar-refractivity contribution in [2.75, 3.05) is 6.61 Å². The highest BCUT2D eigenvalue weighted by Gasteiger charge is 2.28. The molecule has 0 fully saturated rings. The summed E-state index contributed by atoms with van der Waals surface area (Å²) < 4.78 is 1.74. The van der Waals surface area contributed by atoms with Gasteiger partial charge in [0.15, 0.2) is 5.82 Å². The third-order valence-corrected chi connectivity index (χ3v) is 4.15. The first-order valence-corrected chi connectivity index (χ1v) is 7.92. The quantitative estimate of drug-likeness (QED) is 0.760. The Labute approximate surface area is 143 Å². The fourth-order valence-corrected chi connectivity index (χ4v) is 2.90. The van der Waals surface area contributed by atoms with Gasteiger partial charge in [0.2, 0.25) is 0 Å². The monoisotopic (exact) mass is 336 g/mol. The van der Waals surface area contributed by atoms with E-state index >= 15 is 0 Å². The molecule has 1 N–H and O–H groups in total. The van der Waals surface area contributed by atoms with E-state index < -0.39 is 0 Å². The van der Waals surface area contributed by atoms with Gasteiger partial charge in [-0.15, -0.1) is 0 Å². The number of amides is 1. The predicted octanol–water partition coefficient (Wildman–Crippen LogP) is 0.883. The summed E-state index contributed by atoms with van der Waals surface area (Å²) in [5.41, 5.74) is 3.23. The normalized spacial score (nSPS) is 13.1. The zero-order valence-electron chi connectivity index (χ0n) is 13.4. The molecule has 3 aromatic rings. The molecule has 126 valence electrons. The number of carbonyl (C=O) groups excluding carboxylic acids is 1. The molecule has 0 saturated carbocycles. The van der Waals surface area contributed by atoms with Crippen molar-refractivity contribution >= 4 is 5.91 Å². The van der Waals surface area contributed by atoms with Crippen LogP contribution >= 0.6 is 0 Å². The summed E-state index contributed by atoms with van der Waals surface area (Å²) in [6.45, 7) is 1.43. The maximum Gasteiger partial charge on any atom is 0.257 e. The Bertz CT molecular complexity index is 891. The van der Waals surface area contributed by atoms with Crippen LogP contribution in [0.5, 0.6) is 0 Å². The van der Waals surface area contributed by atoms with E-state index in [1.165, 1.54) is 0 Å². The lowest BCUT2D eigenvalue weighted by molar-refractivity contribution is 0.0747. The average Bonchev–Trinajstić information content (AvgIpc) is 3.24. The summed E-state index contributed by atoms with van der Waals surface area (Å²) in [5.74, 6) is 0.414. The number of aromatic nitrogens is 5. The molecule has 4 heterocycles. The van der Waals surface area contributed by atoms with Crippen LogP contribution in [0, 0.1) is 0 Å². The SMILES string of the molecule is O=C(c1cnc(-c2cccnc2)nc1)N1Cc2cnn(CCO)c2C1. The minimum Gasteiger partial charge on any atom is -0.394 e. The highest BCUT2D eigenvalue weighted by molar-refractivity contribution is 5.94. The maximum atomic E-state index is 12.7. The molecule has 25 heavy (non-hydrogen) atoms. The summed E-state index contributed by atoms with van der Waals surface area (Å²) in [5, 5.41) is 13.3. The van der Waals surface area contributed by atoms with E-state index in [0.717, 1.165) is 16.8 Å². The van der Waals surface area contributed by atoms with E-state index in [1.807, 2.05) is 12.1 Å². The van der Waals surface area contributed by atoms with Crippen LogP contribution < -0.4 is 0 Å². The van der Waals surface area contributed by atoms with E-state index in [-0.39, 0.29) is 12.5 Å². The number of carbonyl (C=O) groups is 1. The van der Waals surface area contributed by atoms with Gasteiger partial charge >= 0.3 is 0 Å². The summed E-state index contributed by atoms with van der Waals surface area (Å²) in [4.78, 5) is 27.0. The van der Waals surface area contributed by atoms with Crippen molar-refractivity contribution in [2.24, 2.45) is 0 Å². The highest BCUT2D eigenvalue weighted by Crippen LogP contribution is 2.24. The minimum absolute atomic E-state index is 0.0196. The van der Waals surface area contributed by atoms with E-state index in [1.54, 1.807) is 40.6 Å². The molecule has 1 aliphatic heterocycles. The lowest BCUT2D eigenvalue weighted by Crippen LogP contribution is -2.26. The minimum atomic E-state index is -0.121. The van der Waals surface area contributed by atoms with Crippen molar-refractivity contribution in [3.05, 3.63) is 59.9 Å². The molecular weight excluding hydrogens is 320 g/mol. The molecule has 8 nitrogen and oxygen atoms in total. The fraction of sp³-hybridized carbons (Fsp3) is 0.235. The Morgan fingerprint density at radius 3 is 2.72 bits per heavy atom. The number of fused-ring (bicyclic) bond motifs is 1. The molecule has 0 bridgehead atoms. The Hall–Kier alpha value is -3.13. The fourth-order valence-electron chi connectivity index (χ4n) is 2.90. The topological polar surface area (TPSA) is 97.0 Å². The second kappa shape index (κ2) is 6.40. The van der Waals surface area contributed by atoms with Gasteiger partial charge in [0.25, 0.3) is 5.91 Å². The summed E-state index contributed by atoms with van der Waals surface area (Å²) in [6, 6.07) is 3.68. The number of aliphatic hydroxyl groups excluding tert-OH is 1. The van der Waals surface area contributed by atoms with Gasteiger partial charge in [-0.1, -0.05) is 0 Å². The van der Waals surface area contributed by atoms with Crippen molar-refractivity contribution in [3.63, 3.8) is 0 Å². The summed E-state index contributed by atoms with van der Waals surface area (Å²) in [7, 11) is 0. The van der Waals surface area contributed by atoms with Crippen molar-refractivity contribution in [1.82, 2.24) is 29.6 Å². The third kappa shape index (κ3) is 2.87. The van der Waals surface area contributed by atoms with Gasteiger partial charge in [-0.3, -0.25) is 14.5 Å². The number of hydrogen-bond donors (Lipinski definition) is 1. The van der Waals surface area contributed by atoms with Gasteiger partial charge in [-0.05, 0) is 12.1 Å².